The third-order valence-corrected chi connectivity index (χ3v) is 4.69. The number of thioether (sulfide) groups is 1. The van der Waals surface area contributed by atoms with Crippen LogP contribution in [0.4, 0.5) is 0 Å². The lowest BCUT2D eigenvalue weighted by atomic mass is 10.1. The average molecular weight is 256 g/mol. The Bertz CT molecular complexity index is 440. The molecule has 0 saturated heterocycles. The van der Waals surface area contributed by atoms with Crippen LogP contribution in [0, 0.1) is 0 Å². The van der Waals surface area contributed by atoms with Crippen molar-refractivity contribution >= 4 is 34.7 Å². The van der Waals surface area contributed by atoms with Gasteiger partial charge in [0.05, 0.1) is 14.8 Å². The lowest BCUT2D eigenvalue weighted by Crippen LogP contribution is -2.21. The van der Waals surface area contributed by atoms with E-state index in [-0.39, 0.29) is 5.91 Å². The second kappa shape index (κ2) is 4.88. The molecule has 86 valence electrons. The molecule has 2 N–H and O–H groups in total. The molecule has 1 aliphatic heterocycles. The molecule has 0 saturated carbocycles. The molecule has 1 aromatic rings. The first-order chi connectivity index (χ1) is 7.76. The molecule has 1 aromatic heterocycles. The van der Waals surface area contributed by atoms with Crippen LogP contribution in [0.1, 0.15) is 28.6 Å². The molecule has 0 aromatic carbocycles. The number of thiophene rings is 1. The zero-order chi connectivity index (χ0) is 11.5. The summed E-state index contributed by atoms with van der Waals surface area (Å²) < 4.78 is 1.07. The van der Waals surface area contributed by atoms with Crippen molar-refractivity contribution in [3.8, 4) is 0 Å². The van der Waals surface area contributed by atoms with E-state index in [0.717, 1.165) is 21.9 Å². The summed E-state index contributed by atoms with van der Waals surface area (Å²) in [5.41, 5.74) is 1.59. The summed E-state index contributed by atoms with van der Waals surface area (Å²) in [6, 6.07) is 1.81. The Hall–Kier alpha value is -1.01. The van der Waals surface area contributed by atoms with Crippen molar-refractivity contribution in [1.82, 2.24) is 5.32 Å². The van der Waals surface area contributed by atoms with Gasteiger partial charge in [-0.2, -0.15) is 0 Å². The Morgan fingerprint density at radius 3 is 3.19 bits per heavy atom. The van der Waals surface area contributed by atoms with Gasteiger partial charge < -0.3 is 10.5 Å². The lowest BCUT2D eigenvalue weighted by Gasteiger charge is -2.10. The smallest absolute Gasteiger partial charge is 0.261 e. The van der Waals surface area contributed by atoms with Crippen LogP contribution in [0.3, 0.4) is 0 Å². The Kier molecular flexibility index (Phi) is 3.50. The maximum Gasteiger partial charge on any atom is 0.261 e. The van der Waals surface area contributed by atoms with E-state index in [1.807, 2.05) is 13.0 Å². The van der Waals surface area contributed by atoms with E-state index in [0.29, 0.717) is 17.1 Å². The number of nitrogens with zero attached hydrogens (tertiary/aromatic N) is 1. The zero-order valence-electron chi connectivity index (χ0n) is 8.82. The largest absolute Gasteiger partial charge is 0.411 e. The van der Waals surface area contributed by atoms with Gasteiger partial charge in [0.15, 0.2) is 0 Å². The molecular weight excluding hydrogens is 244 g/mol. The number of nitrogens with one attached hydrogen (secondary N) is 1. The standard InChI is InChI=1S/C10H12N2O2S2/c1-2-11-9(13)8-5-6-7(12-14)3-4-15-10(6)16-8/h5,14H,2-4H2,1H3,(H,11,13). The molecule has 1 amide bonds. The molecule has 0 spiro atoms. The van der Waals surface area contributed by atoms with E-state index in [1.54, 1.807) is 11.8 Å². The SMILES string of the molecule is CCNC(=O)c1cc2c(s1)SCCC2=NO. The summed E-state index contributed by atoms with van der Waals surface area (Å²) >= 11 is 3.17. The van der Waals surface area contributed by atoms with Crippen LogP contribution in [-0.2, 0) is 0 Å². The highest BCUT2D eigenvalue weighted by molar-refractivity contribution is 8.01. The number of carbonyl (C=O) groups is 1. The highest BCUT2D eigenvalue weighted by atomic mass is 32.2. The van der Waals surface area contributed by atoms with Gasteiger partial charge >= 0.3 is 0 Å². The number of fused-ring (bicyclic) bond motifs is 1. The van der Waals surface area contributed by atoms with Crippen LogP contribution in [0.25, 0.3) is 0 Å². The van der Waals surface area contributed by atoms with Crippen LogP contribution < -0.4 is 5.32 Å². The molecule has 0 bridgehead atoms. The second-order valence-corrected chi connectivity index (χ2v) is 5.73. The van der Waals surface area contributed by atoms with Gasteiger partial charge in [0, 0.05) is 24.3 Å². The molecule has 0 fully saturated rings. The van der Waals surface area contributed by atoms with Gasteiger partial charge in [0.25, 0.3) is 5.91 Å². The minimum absolute atomic E-state index is 0.0558. The van der Waals surface area contributed by atoms with Crippen LogP contribution >= 0.6 is 23.1 Å². The molecular formula is C10H12N2O2S2. The third kappa shape index (κ3) is 2.08. The Labute approximate surface area is 102 Å². The van der Waals surface area contributed by atoms with Crippen LogP contribution in [0.5, 0.6) is 0 Å². The molecule has 4 nitrogen and oxygen atoms in total. The average Bonchev–Trinajstić information content (AvgIpc) is 2.72. The minimum Gasteiger partial charge on any atom is -0.411 e. The Morgan fingerprint density at radius 2 is 2.50 bits per heavy atom. The van der Waals surface area contributed by atoms with Crippen molar-refractivity contribution in [1.29, 1.82) is 0 Å². The van der Waals surface area contributed by atoms with Crippen LogP contribution in [-0.4, -0.2) is 29.1 Å². The fourth-order valence-corrected chi connectivity index (χ4v) is 3.92. The van der Waals surface area contributed by atoms with Crippen molar-refractivity contribution < 1.29 is 10.0 Å². The summed E-state index contributed by atoms with van der Waals surface area (Å²) in [6.45, 7) is 2.51. The lowest BCUT2D eigenvalue weighted by molar-refractivity contribution is 0.0960. The second-order valence-electron chi connectivity index (χ2n) is 3.32. The first kappa shape index (κ1) is 11.5. The van der Waals surface area contributed by atoms with Gasteiger partial charge in [-0.15, -0.1) is 23.1 Å². The van der Waals surface area contributed by atoms with E-state index < -0.39 is 0 Å². The van der Waals surface area contributed by atoms with Gasteiger partial charge in [-0.05, 0) is 13.0 Å². The molecule has 0 aliphatic carbocycles. The normalized spacial score (nSPS) is 17.2. The van der Waals surface area contributed by atoms with E-state index >= 15 is 0 Å². The summed E-state index contributed by atoms with van der Waals surface area (Å²) in [7, 11) is 0. The molecule has 2 heterocycles. The number of carbonyl (C=O) groups excluding carboxylic acids is 1. The van der Waals surface area contributed by atoms with E-state index in [2.05, 4.69) is 10.5 Å². The van der Waals surface area contributed by atoms with E-state index in [9.17, 15) is 4.79 Å². The van der Waals surface area contributed by atoms with Gasteiger partial charge in [-0.25, -0.2) is 0 Å². The number of hydrogen-bond acceptors (Lipinski definition) is 5. The van der Waals surface area contributed by atoms with Gasteiger partial charge in [0.1, 0.15) is 0 Å². The van der Waals surface area contributed by atoms with Crippen molar-refractivity contribution in [2.75, 3.05) is 12.3 Å². The monoisotopic (exact) mass is 256 g/mol. The van der Waals surface area contributed by atoms with Crippen LogP contribution in [0.15, 0.2) is 15.4 Å². The maximum atomic E-state index is 11.6. The number of oxime groups is 1. The molecule has 0 radical (unpaired) electrons. The Morgan fingerprint density at radius 1 is 1.69 bits per heavy atom. The van der Waals surface area contributed by atoms with Gasteiger partial charge in [0.2, 0.25) is 0 Å². The zero-order valence-corrected chi connectivity index (χ0v) is 10.5. The molecule has 0 atom stereocenters. The topological polar surface area (TPSA) is 61.7 Å². The van der Waals surface area contributed by atoms with Gasteiger partial charge in [-0.1, -0.05) is 5.16 Å². The highest BCUT2D eigenvalue weighted by Gasteiger charge is 2.22. The number of hydrogen-bond donors (Lipinski definition) is 2. The van der Waals surface area contributed by atoms with Crippen molar-refractivity contribution in [3.05, 3.63) is 16.5 Å². The van der Waals surface area contributed by atoms with Crippen molar-refractivity contribution in [3.63, 3.8) is 0 Å². The van der Waals surface area contributed by atoms with Crippen molar-refractivity contribution in [2.45, 2.75) is 17.6 Å². The predicted molar refractivity (Wildman–Crippen MR) is 66.0 cm³/mol. The van der Waals surface area contributed by atoms with Gasteiger partial charge in [-0.3, -0.25) is 4.79 Å². The first-order valence-electron chi connectivity index (χ1n) is 5.02. The fourth-order valence-electron chi connectivity index (χ4n) is 1.52. The number of rotatable bonds is 2. The van der Waals surface area contributed by atoms with Crippen molar-refractivity contribution in [2.24, 2.45) is 5.16 Å². The molecule has 2 rings (SSSR count). The summed E-state index contributed by atoms with van der Waals surface area (Å²) in [6.07, 6.45) is 0.750. The quantitative estimate of drug-likeness (QED) is 0.629. The fraction of sp³-hybridized carbons (Fsp3) is 0.400. The predicted octanol–water partition coefficient (Wildman–Crippen LogP) is 2.17. The highest BCUT2D eigenvalue weighted by Crippen LogP contribution is 2.37. The number of amides is 1. The molecule has 0 unspecified atom stereocenters. The molecule has 1 aliphatic rings. The summed E-state index contributed by atoms with van der Waals surface area (Å²) in [5.74, 6) is 0.849. The molecule has 16 heavy (non-hydrogen) atoms. The van der Waals surface area contributed by atoms with E-state index in [4.69, 9.17) is 5.21 Å². The first-order valence-corrected chi connectivity index (χ1v) is 6.82. The summed E-state index contributed by atoms with van der Waals surface area (Å²) in [5, 5.41) is 14.9. The summed E-state index contributed by atoms with van der Waals surface area (Å²) in [4.78, 5) is 12.3. The Balaban J connectivity index is 2.32. The van der Waals surface area contributed by atoms with Crippen LogP contribution in [0.2, 0.25) is 0 Å². The molecule has 6 heteroatoms. The minimum atomic E-state index is -0.0558. The maximum absolute atomic E-state index is 11.6. The van der Waals surface area contributed by atoms with E-state index in [1.165, 1.54) is 11.3 Å². The third-order valence-electron chi connectivity index (χ3n) is 2.26.